The summed E-state index contributed by atoms with van der Waals surface area (Å²) >= 11 is 0. The van der Waals surface area contributed by atoms with Crippen LogP contribution in [0.1, 0.15) is 18.9 Å². The van der Waals surface area contributed by atoms with Crippen LogP contribution in [0.3, 0.4) is 0 Å². The molecule has 0 fully saturated rings. The molecule has 1 aromatic rings. The van der Waals surface area contributed by atoms with E-state index in [1.54, 1.807) is 0 Å². The SMILES string of the molecule is CCN(CCC(N)=O)Cc1cccc2c1OCO2. The van der Waals surface area contributed by atoms with Crippen LogP contribution in [0.15, 0.2) is 18.2 Å². The van der Waals surface area contributed by atoms with Gasteiger partial charge in [-0.3, -0.25) is 9.69 Å². The first kappa shape index (κ1) is 12.7. The third kappa shape index (κ3) is 2.92. The van der Waals surface area contributed by atoms with E-state index in [0.717, 1.165) is 30.2 Å². The summed E-state index contributed by atoms with van der Waals surface area (Å²) in [4.78, 5) is 13.0. The number of carbonyl (C=O) groups excluding carboxylic acids is 1. The summed E-state index contributed by atoms with van der Waals surface area (Å²) in [6, 6.07) is 5.86. The van der Waals surface area contributed by atoms with Gasteiger partial charge in [-0.1, -0.05) is 19.1 Å². The van der Waals surface area contributed by atoms with Crippen LogP contribution < -0.4 is 15.2 Å². The highest BCUT2D eigenvalue weighted by Gasteiger charge is 2.18. The molecule has 0 saturated carbocycles. The van der Waals surface area contributed by atoms with E-state index < -0.39 is 0 Å². The zero-order chi connectivity index (χ0) is 13.0. The second-order valence-electron chi connectivity index (χ2n) is 4.24. The number of hydrogen-bond donors (Lipinski definition) is 1. The Kier molecular flexibility index (Phi) is 4.04. The number of primary amides is 1. The number of rotatable bonds is 6. The quantitative estimate of drug-likeness (QED) is 0.821. The number of ether oxygens (including phenoxy) is 2. The van der Waals surface area contributed by atoms with E-state index in [1.165, 1.54) is 0 Å². The average Bonchev–Trinajstić information content (AvgIpc) is 2.83. The smallest absolute Gasteiger partial charge is 0.231 e. The van der Waals surface area contributed by atoms with Crippen molar-refractivity contribution in [3.05, 3.63) is 23.8 Å². The van der Waals surface area contributed by atoms with Crippen LogP contribution in [-0.4, -0.2) is 30.7 Å². The lowest BCUT2D eigenvalue weighted by molar-refractivity contribution is -0.118. The van der Waals surface area contributed by atoms with Gasteiger partial charge in [0.15, 0.2) is 11.5 Å². The molecule has 1 amide bonds. The van der Waals surface area contributed by atoms with Crippen LogP contribution in [0.4, 0.5) is 0 Å². The fraction of sp³-hybridized carbons (Fsp3) is 0.462. The molecule has 0 radical (unpaired) electrons. The van der Waals surface area contributed by atoms with E-state index in [2.05, 4.69) is 11.8 Å². The second kappa shape index (κ2) is 5.73. The van der Waals surface area contributed by atoms with Gasteiger partial charge in [0.25, 0.3) is 0 Å². The fourth-order valence-electron chi connectivity index (χ4n) is 1.97. The molecule has 5 nitrogen and oxygen atoms in total. The number of hydrogen-bond acceptors (Lipinski definition) is 4. The van der Waals surface area contributed by atoms with E-state index in [9.17, 15) is 4.79 Å². The number of para-hydroxylation sites is 1. The molecule has 18 heavy (non-hydrogen) atoms. The monoisotopic (exact) mass is 250 g/mol. The van der Waals surface area contributed by atoms with Crippen LogP contribution in [0.5, 0.6) is 11.5 Å². The highest BCUT2D eigenvalue weighted by atomic mass is 16.7. The van der Waals surface area contributed by atoms with E-state index in [-0.39, 0.29) is 12.7 Å². The Bertz CT molecular complexity index is 434. The van der Waals surface area contributed by atoms with Crippen LogP contribution in [-0.2, 0) is 11.3 Å². The van der Waals surface area contributed by atoms with Crippen molar-refractivity contribution in [2.24, 2.45) is 5.73 Å². The number of fused-ring (bicyclic) bond motifs is 1. The lowest BCUT2D eigenvalue weighted by Crippen LogP contribution is -2.27. The zero-order valence-electron chi connectivity index (χ0n) is 10.5. The summed E-state index contributed by atoms with van der Waals surface area (Å²) in [5.41, 5.74) is 6.25. The minimum atomic E-state index is -0.272. The number of nitrogens with two attached hydrogens (primary N) is 1. The van der Waals surface area contributed by atoms with Crippen molar-refractivity contribution in [1.82, 2.24) is 4.90 Å². The Morgan fingerprint density at radius 3 is 3.00 bits per heavy atom. The first-order valence-electron chi connectivity index (χ1n) is 6.09. The molecule has 2 rings (SSSR count). The van der Waals surface area contributed by atoms with E-state index >= 15 is 0 Å². The first-order chi connectivity index (χ1) is 8.70. The molecule has 1 heterocycles. The lowest BCUT2D eigenvalue weighted by atomic mass is 10.1. The molecule has 0 unspecified atom stereocenters. The van der Waals surface area contributed by atoms with Crippen molar-refractivity contribution in [3.63, 3.8) is 0 Å². The highest BCUT2D eigenvalue weighted by Crippen LogP contribution is 2.35. The largest absolute Gasteiger partial charge is 0.454 e. The number of benzene rings is 1. The predicted octanol–water partition coefficient (Wildman–Crippen LogP) is 1.11. The Morgan fingerprint density at radius 2 is 2.28 bits per heavy atom. The third-order valence-electron chi connectivity index (χ3n) is 2.99. The van der Waals surface area contributed by atoms with Gasteiger partial charge in [0.2, 0.25) is 12.7 Å². The molecule has 0 atom stereocenters. The molecule has 98 valence electrons. The molecule has 0 bridgehead atoms. The molecule has 2 N–H and O–H groups in total. The minimum Gasteiger partial charge on any atom is -0.454 e. The first-order valence-corrected chi connectivity index (χ1v) is 6.09. The Hall–Kier alpha value is -1.75. The van der Waals surface area contributed by atoms with Gasteiger partial charge >= 0.3 is 0 Å². The molecular formula is C13H18N2O3. The van der Waals surface area contributed by atoms with Crippen molar-refractivity contribution in [1.29, 1.82) is 0 Å². The summed E-state index contributed by atoms with van der Waals surface area (Å²) in [6.45, 7) is 4.59. The third-order valence-corrected chi connectivity index (χ3v) is 2.99. The van der Waals surface area contributed by atoms with E-state index in [4.69, 9.17) is 15.2 Å². The van der Waals surface area contributed by atoms with Crippen molar-refractivity contribution in [2.45, 2.75) is 19.9 Å². The molecular weight excluding hydrogens is 232 g/mol. The topological polar surface area (TPSA) is 64.8 Å². The van der Waals surface area contributed by atoms with E-state index in [0.29, 0.717) is 13.0 Å². The zero-order valence-corrected chi connectivity index (χ0v) is 10.5. The van der Waals surface area contributed by atoms with Gasteiger partial charge < -0.3 is 15.2 Å². The number of carbonyl (C=O) groups is 1. The van der Waals surface area contributed by atoms with Gasteiger partial charge in [-0.25, -0.2) is 0 Å². The van der Waals surface area contributed by atoms with Crippen LogP contribution in [0, 0.1) is 0 Å². The van der Waals surface area contributed by atoms with Gasteiger partial charge in [-0.15, -0.1) is 0 Å². The van der Waals surface area contributed by atoms with Gasteiger partial charge in [-0.2, -0.15) is 0 Å². The molecule has 0 aromatic heterocycles. The summed E-state index contributed by atoms with van der Waals surface area (Å²) in [5, 5.41) is 0. The Labute approximate surface area is 106 Å². The minimum absolute atomic E-state index is 0.272. The molecule has 1 aromatic carbocycles. The summed E-state index contributed by atoms with van der Waals surface area (Å²) in [7, 11) is 0. The summed E-state index contributed by atoms with van der Waals surface area (Å²) in [5.74, 6) is 1.33. The average molecular weight is 250 g/mol. The molecule has 0 aliphatic carbocycles. The van der Waals surface area contributed by atoms with Gasteiger partial charge in [0.05, 0.1) is 0 Å². The van der Waals surface area contributed by atoms with Gasteiger partial charge in [-0.05, 0) is 12.6 Å². The maximum absolute atomic E-state index is 10.8. The Morgan fingerprint density at radius 1 is 1.44 bits per heavy atom. The van der Waals surface area contributed by atoms with Crippen LogP contribution in [0.25, 0.3) is 0 Å². The lowest BCUT2D eigenvalue weighted by Gasteiger charge is -2.20. The maximum Gasteiger partial charge on any atom is 0.231 e. The van der Waals surface area contributed by atoms with Crippen LogP contribution >= 0.6 is 0 Å². The van der Waals surface area contributed by atoms with E-state index in [1.807, 2.05) is 18.2 Å². The number of nitrogens with zero attached hydrogens (tertiary/aromatic N) is 1. The van der Waals surface area contributed by atoms with Gasteiger partial charge in [0, 0.05) is 25.1 Å². The summed E-state index contributed by atoms with van der Waals surface area (Å²) < 4.78 is 10.8. The summed E-state index contributed by atoms with van der Waals surface area (Å²) in [6.07, 6.45) is 0.375. The maximum atomic E-state index is 10.8. The van der Waals surface area contributed by atoms with Crippen molar-refractivity contribution in [3.8, 4) is 11.5 Å². The molecule has 1 aliphatic rings. The second-order valence-corrected chi connectivity index (χ2v) is 4.24. The molecule has 0 saturated heterocycles. The molecule has 1 aliphatic heterocycles. The normalized spacial score (nSPS) is 13.0. The van der Waals surface area contributed by atoms with Crippen molar-refractivity contribution < 1.29 is 14.3 Å². The standard InChI is InChI=1S/C13H18N2O3/c1-2-15(7-6-12(14)16)8-10-4-3-5-11-13(10)18-9-17-11/h3-5H,2,6-9H2,1H3,(H2,14,16). The Balaban J connectivity index is 2.03. The van der Waals surface area contributed by atoms with Crippen LogP contribution in [0.2, 0.25) is 0 Å². The van der Waals surface area contributed by atoms with Crippen molar-refractivity contribution in [2.75, 3.05) is 19.9 Å². The number of amides is 1. The molecule has 0 spiro atoms. The predicted molar refractivity (Wildman–Crippen MR) is 67.3 cm³/mol. The highest BCUT2D eigenvalue weighted by molar-refractivity contribution is 5.73. The molecule has 5 heteroatoms. The van der Waals surface area contributed by atoms with Gasteiger partial charge in [0.1, 0.15) is 0 Å². The fourth-order valence-corrected chi connectivity index (χ4v) is 1.97. The van der Waals surface area contributed by atoms with Crippen molar-refractivity contribution >= 4 is 5.91 Å².